The molecule has 0 radical (unpaired) electrons. The van der Waals surface area contributed by atoms with Crippen LogP contribution in [0.15, 0.2) is 18.3 Å². The van der Waals surface area contributed by atoms with Gasteiger partial charge in [0, 0.05) is 19.3 Å². The van der Waals surface area contributed by atoms with Crippen molar-refractivity contribution in [3.05, 3.63) is 23.9 Å². The van der Waals surface area contributed by atoms with Crippen molar-refractivity contribution in [2.45, 2.75) is 33.1 Å². The minimum absolute atomic E-state index is 0.309. The zero-order chi connectivity index (χ0) is 13.2. The topological polar surface area (TPSA) is 53.4 Å². The van der Waals surface area contributed by atoms with Gasteiger partial charge in [-0.1, -0.05) is 20.3 Å². The Bertz CT molecular complexity index is 437. The van der Waals surface area contributed by atoms with Crippen LogP contribution < -0.4 is 4.90 Å². The lowest BCUT2D eigenvalue weighted by molar-refractivity contribution is 0.0696. The predicted molar refractivity (Wildman–Crippen MR) is 71.0 cm³/mol. The summed E-state index contributed by atoms with van der Waals surface area (Å²) in [5.41, 5.74) is 0.741. The van der Waals surface area contributed by atoms with Gasteiger partial charge in [0.2, 0.25) is 0 Å². The summed E-state index contributed by atoms with van der Waals surface area (Å²) in [6.45, 7) is 6.48. The smallest absolute Gasteiger partial charge is 0.335 e. The molecule has 4 nitrogen and oxygen atoms in total. The Morgan fingerprint density at radius 1 is 1.50 bits per heavy atom. The number of aromatic nitrogens is 1. The first kappa shape index (κ1) is 12.9. The molecule has 0 bridgehead atoms. The predicted octanol–water partition coefficient (Wildman–Crippen LogP) is 2.80. The van der Waals surface area contributed by atoms with Crippen molar-refractivity contribution in [1.82, 2.24) is 4.98 Å². The average Bonchev–Trinajstić information content (AvgIpc) is 2.40. The first-order valence-corrected chi connectivity index (χ1v) is 6.48. The molecule has 0 spiro atoms. The number of carboxylic acid groups (broad SMARTS) is 1. The highest BCUT2D eigenvalue weighted by Crippen LogP contribution is 2.35. The first-order valence-electron chi connectivity index (χ1n) is 6.48. The van der Waals surface area contributed by atoms with Crippen LogP contribution in [0.3, 0.4) is 0 Å². The molecule has 98 valence electrons. The number of anilines is 1. The molecule has 2 heterocycles. The molecular formula is C14H20N2O2. The number of carbonyl (C=O) groups is 1. The van der Waals surface area contributed by atoms with E-state index >= 15 is 0 Å². The van der Waals surface area contributed by atoms with E-state index in [1.54, 1.807) is 12.3 Å². The minimum Gasteiger partial charge on any atom is -0.478 e. The van der Waals surface area contributed by atoms with Crippen molar-refractivity contribution in [3.63, 3.8) is 0 Å². The van der Waals surface area contributed by atoms with Crippen molar-refractivity contribution in [2.75, 3.05) is 18.0 Å². The van der Waals surface area contributed by atoms with Gasteiger partial charge in [-0.3, -0.25) is 0 Å². The first-order chi connectivity index (χ1) is 8.54. The molecule has 1 aliphatic heterocycles. The fraction of sp³-hybridized carbons (Fsp3) is 0.571. The number of hydrogen-bond acceptors (Lipinski definition) is 3. The Kier molecular flexibility index (Phi) is 3.55. The van der Waals surface area contributed by atoms with Crippen molar-refractivity contribution in [2.24, 2.45) is 5.41 Å². The molecule has 1 fully saturated rings. The summed E-state index contributed by atoms with van der Waals surface area (Å²) in [6.07, 6.45) is 5.06. The number of rotatable bonds is 3. The molecule has 1 aromatic rings. The normalized spacial score (nSPS) is 18.7. The minimum atomic E-state index is -0.894. The van der Waals surface area contributed by atoms with E-state index in [2.05, 4.69) is 23.7 Å². The van der Waals surface area contributed by atoms with Crippen LogP contribution >= 0.6 is 0 Å². The molecular weight excluding hydrogens is 228 g/mol. The van der Waals surface area contributed by atoms with Gasteiger partial charge in [0.15, 0.2) is 0 Å². The second kappa shape index (κ2) is 4.96. The maximum atomic E-state index is 10.9. The SMILES string of the molecule is CCC1(C)CCN(c2cc(C(=O)O)ccn2)CC1. The third-order valence-corrected chi connectivity index (χ3v) is 4.14. The lowest BCUT2D eigenvalue weighted by Gasteiger charge is -2.39. The zero-order valence-corrected chi connectivity index (χ0v) is 11.0. The van der Waals surface area contributed by atoms with Crippen LogP contribution in [0.4, 0.5) is 5.82 Å². The molecule has 0 unspecified atom stereocenters. The van der Waals surface area contributed by atoms with Gasteiger partial charge >= 0.3 is 5.97 Å². The molecule has 0 saturated carbocycles. The Morgan fingerprint density at radius 2 is 2.17 bits per heavy atom. The lowest BCUT2D eigenvalue weighted by Crippen LogP contribution is -2.38. The Hall–Kier alpha value is -1.58. The number of piperidine rings is 1. The van der Waals surface area contributed by atoms with Crippen LogP contribution in [0.2, 0.25) is 0 Å². The third kappa shape index (κ3) is 2.63. The van der Waals surface area contributed by atoms with Gasteiger partial charge in [0.1, 0.15) is 5.82 Å². The Labute approximate surface area is 108 Å². The fourth-order valence-corrected chi connectivity index (χ4v) is 2.35. The highest BCUT2D eigenvalue weighted by atomic mass is 16.4. The summed E-state index contributed by atoms with van der Waals surface area (Å²) >= 11 is 0. The largest absolute Gasteiger partial charge is 0.478 e. The number of pyridine rings is 1. The van der Waals surface area contributed by atoms with Gasteiger partial charge in [0.05, 0.1) is 5.56 Å². The van der Waals surface area contributed by atoms with Crippen LogP contribution in [0.1, 0.15) is 43.5 Å². The summed E-state index contributed by atoms with van der Waals surface area (Å²) in [4.78, 5) is 17.4. The monoisotopic (exact) mass is 248 g/mol. The molecule has 1 N–H and O–H groups in total. The standard InChI is InChI=1S/C14H20N2O2/c1-3-14(2)5-8-16(9-6-14)12-10-11(13(17)18)4-7-15-12/h4,7,10H,3,5-6,8-9H2,1-2H3,(H,17,18). The maximum Gasteiger partial charge on any atom is 0.335 e. The van der Waals surface area contributed by atoms with E-state index in [1.165, 1.54) is 12.5 Å². The van der Waals surface area contributed by atoms with Gasteiger partial charge in [-0.2, -0.15) is 0 Å². The van der Waals surface area contributed by atoms with Gasteiger partial charge in [-0.05, 0) is 30.4 Å². The molecule has 1 aliphatic rings. The lowest BCUT2D eigenvalue weighted by atomic mass is 9.78. The van der Waals surface area contributed by atoms with Crippen LogP contribution in [0, 0.1) is 5.41 Å². The third-order valence-electron chi connectivity index (χ3n) is 4.14. The van der Waals surface area contributed by atoms with Crippen molar-refractivity contribution < 1.29 is 9.90 Å². The number of hydrogen-bond donors (Lipinski definition) is 1. The van der Waals surface area contributed by atoms with Gasteiger partial charge in [-0.25, -0.2) is 9.78 Å². The van der Waals surface area contributed by atoms with E-state index in [1.807, 2.05) is 0 Å². The Morgan fingerprint density at radius 3 is 2.72 bits per heavy atom. The molecule has 0 aromatic carbocycles. The summed E-state index contributed by atoms with van der Waals surface area (Å²) in [7, 11) is 0. The summed E-state index contributed by atoms with van der Waals surface area (Å²) in [5, 5.41) is 8.98. The highest BCUT2D eigenvalue weighted by molar-refractivity contribution is 5.88. The highest BCUT2D eigenvalue weighted by Gasteiger charge is 2.28. The molecule has 0 atom stereocenters. The summed E-state index contributed by atoms with van der Waals surface area (Å²) in [6, 6.07) is 3.20. The van der Waals surface area contributed by atoms with Crippen LogP contribution in [-0.4, -0.2) is 29.1 Å². The molecule has 2 rings (SSSR count). The summed E-state index contributed by atoms with van der Waals surface area (Å²) in [5.74, 6) is -0.109. The average molecular weight is 248 g/mol. The fourth-order valence-electron chi connectivity index (χ4n) is 2.35. The van der Waals surface area contributed by atoms with Crippen molar-refractivity contribution in [3.8, 4) is 0 Å². The molecule has 0 aliphatic carbocycles. The van der Waals surface area contributed by atoms with Crippen molar-refractivity contribution in [1.29, 1.82) is 0 Å². The van der Waals surface area contributed by atoms with E-state index < -0.39 is 5.97 Å². The van der Waals surface area contributed by atoms with Crippen LogP contribution in [0.5, 0.6) is 0 Å². The Balaban J connectivity index is 2.10. The molecule has 1 saturated heterocycles. The van der Waals surface area contributed by atoms with E-state index in [4.69, 9.17) is 5.11 Å². The van der Waals surface area contributed by atoms with Gasteiger partial charge < -0.3 is 10.0 Å². The molecule has 4 heteroatoms. The van der Waals surface area contributed by atoms with Crippen LogP contribution in [0.25, 0.3) is 0 Å². The van der Waals surface area contributed by atoms with E-state index in [9.17, 15) is 4.79 Å². The number of nitrogens with zero attached hydrogens (tertiary/aromatic N) is 2. The van der Waals surface area contributed by atoms with E-state index in [0.717, 1.165) is 31.7 Å². The molecule has 0 amide bonds. The van der Waals surface area contributed by atoms with Gasteiger partial charge in [-0.15, -0.1) is 0 Å². The zero-order valence-electron chi connectivity index (χ0n) is 11.0. The second-order valence-corrected chi connectivity index (χ2v) is 5.36. The van der Waals surface area contributed by atoms with Crippen LogP contribution in [-0.2, 0) is 0 Å². The molecule has 18 heavy (non-hydrogen) atoms. The number of aromatic carboxylic acids is 1. The molecule has 1 aromatic heterocycles. The number of carboxylic acids is 1. The maximum absolute atomic E-state index is 10.9. The second-order valence-electron chi connectivity index (χ2n) is 5.36. The van der Waals surface area contributed by atoms with E-state index in [0.29, 0.717) is 11.0 Å². The van der Waals surface area contributed by atoms with Gasteiger partial charge in [0.25, 0.3) is 0 Å². The van der Waals surface area contributed by atoms with E-state index in [-0.39, 0.29) is 0 Å². The van der Waals surface area contributed by atoms with Crippen molar-refractivity contribution >= 4 is 11.8 Å². The summed E-state index contributed by atoms with van der Waals surface area (Å²) < 4.78 is 0. The quantitative estimate of drug-likeness (QED) is 0.893.